The van der Waals surface area contributed by atoms with E-state index in [9.17, 15) is 39.0 Å². The number of ketones is 3. The fourth-order valence-electron chi connectivity index (χ4n) is 11.4. The largest absolute Gasteiger partial charge is 0.460 e. The van der Waals surface area contributed by atoms with Crippen molar-refractivity contribution in [2.45, 2.75) is 213 Å². The van der Waals surface area contributed by atoms with Crippen molar-refractivity contribution in [2.75, 3.05) is 41.1 Å². The lowest BCUT2D eigenvalue weighted by molar-refractivity contribution is -0.283. The number of amides is 1. The number of allylic oxidation sites excluding steroid dienone is 6. The predicted octanol–water partition coefficient (Wildman–Crippen LogP) is 7.91. The van der Waals surface area contributed by atoms with Gasteiger partial charge in [-0.3, -0.25) is 24.0 Å². The molecule has 1 aliphatic carbocycles. The second-order valence-electron chi connectivity index (χ2n) is 23.8. The van der Waals surface area contributed by atoms with Gasteiger partial charge in [0.15, 0.2) is 11.6 Å². The maximum absolute atomic E-state index is 14.6. The molecule has 0 aromatic heterocycles. The number of hydrogen-bond donors (Lipinski definition) is 2. The number of carbonyl (C=O) groups is 6. The molecule has 2 N–H and O–H groups in total. The van der Waals surface area contributed by atoms with E-state index in [-0.39, 0.29) is 56.0 Å². The highest BCUT2D eigenvalue weighted by Gasteiger charge is 2.53. The number of nitrogens with zero attached hydrogens (tertiary/aromatic N) is 1. The van der Waals surface area contributed by atoms with Crippen LogP contribution in [0.2, 0.25) is 0 Å². The van der Waals surface area contributed by atoms with Gasteiger partial charge in [-0.05, 0) is 134 Å². The zero-order valence-corrected chi connectivity index (χ0v) is 48.4. The fourth-order valence-corrected chi connectivity index (χ4v) is 11.4. The Balaban J connectivity index is 1.43. The van der Waals surface area contributed by atoms with Crippen LogP contribution in [-0.2, 0) is 66.7 Å². The number of Topliss-reactive ketones (excluding diaryl/α,β-unsaturated/α-hetero) is 3. The van der Waals surface area contributed by atoms with E-state index >= 15 is 0 Å². The van der Waals surface area contributed by atoms with Crippen LogP contribution in [0, 0.1) is 40.9 Å². The van der Waals surface area contributed by atoms with Gasteiger partial charge >= 0.3 is 11.9 Å². The Hall–Kier alpha value is -3.94. The molecule has 4 heterocycles. The number of cyclic esters (lactones) is 1. The summed E-state index contributed by atoms with van der Waals surface area (Å²) in [6.45, 7) is 18.4. The highest BCUT2D eigenvalue weighted by Crippen LogP contribution is 2.39. The Morgan fingerprint density at radius 3 is 2.18 bits per heavy atom. The Bertz CT molecular complexity index is 2160. The van der Waals surface area contributed by atoms with Gasteiger partial charge in [0.25, 0.3) is 11.7 Å². The molecule has 0 radical (unpaired) electrons. The first kappa shape index (κ1) is 63.9. The quantitative estimate of drug-likeness (QED) is 0.134. The Labute approximate surface area is 458 Å². The number of esters is 2. The molecule has 5 rings (SSSR count). The van der Waals surface area contributed by atoms with Gasteiger partial charge in [0.2, 0.25) is 5.79 Å². The average Bonchev–Trinajstić information content (AvgIpc) is 3.40. The lowest BCUT2D eigenvalue weighted by Gasteiger charge is -2.43. The SMILES string of the molecule is CO[C@H]1C[C@@H]2CC[C@@H](C)[C@@](O)(O2)C(=O)C(=O)N2CCCC[C@H]2C(=O)O[C@H]([C@H](C)C[C@@H]2CC[C@@H](OC(=O)C3(C)COC(C)(C)OC3)[C@H](OC)C2)CC(=O)[C@H](C)/C=C(\C)[C@@H](O)[C@@H](OC)C(=O)[C@H](C)CC[C@H](C)/C=C/C=C/C=C/1C. The standard InChI is InChI=1S/C60H93NO16/c1-36-19-15-14-16-20-37(2)48(70-11)32-44-26-24-42(7)60(69,77-44)54(65)55(66)61-28-18-17-21-45(61)56(67)75-49(33-46(62)39(4)29-41(6)52(64)53(72-13)51(63)38(3)23-22-36)40(5)30-43-25-27-47(50(31-43)71-12)76-57(68)59(10)34-73-58(8,9)74-35-59/h14-16,19-20,29,36,38-40,42-45,47-50,52-53,64,69H,17-18,21-28,30-35H2,1-13H3/b16-14+,19-15+,37-20+,41-29+/t36-,38-,39-,40-,42-,43+,44+,45+,47-,48+,49+,50-,52-,53+,60-/m1/s1. The van der Waals surface area contributed by atoms with Crippen molar-refractivity contribution in [1.29, 1.82) is 0 Å². The molecule has 17 heteroatoms. The molecule has 0 aromatic rings. The van der Waals surface area contributed by atoms with Crippen molar-refractivity contribution in [3.05, 3.63) is 47.6 Å². The van der Waals surface area contributed by atoms with Gasteiger partial charge in [-0.25, -0.2) is 4.79 Å². The fraction of sp³-hybridized carbons (Fsp3) is 0.767. The summed E-state index contributed by atoms with van der Waals surface area (Å²) in [5.41, 5.74) is 0.265. The number of ether oxygens (including phenoxy) is 8. The second-order valence-corrected chi connectivity index (χ2v) is 23.8. The molecule has 0 aromatic carbocycles. The third kappa shape index (κ3) is 16.8. The molecule has 2 bridgehead atoms. The Kier molecular flexibility index (Phi) is 23.6. The van der Waals surface area contributed by atoms with E-state index in [4.69, 9.17) is 37.9 Å². The molecule has 1 saturated carbocycles. The molecule has 77 heavy (non-hydrogen) atoms. The van der Waals surface area contributed by atoms with Crippen molar-refractivity contribution >= 4 is 35.2 Å². The summed E-state index contributed by atoms with van der Waals surface area (Å²) in [4.78, 5) is 86.3. The molecule has 0 spiro atoms. The third-order valence-electron chi connectivity index (χ3n) is 17.0. The van der Waals surface area contributed by atoms with E-state index in [1.54, 1.807) is 61.8 Å². The van der Waals surface area contributed by atoms with Gasteiger partial charge < -0.3 is 53.0 Å². The lowest BCUT2D eigenvalue weighted by Crippen LogP contribution is -2.61. The predicted molar refractivity (Wildman–Crippen MR) is 288 cm³/mol. The Morgan fingerprint density at radius 2 is 1.52 bits per heavy atom. The first-order chi connectivity index (χ1) is 36.3. The molecule has 4 fully saturated rings. The first-order valence-corrected chi connectivity index (χ1v) is 28.3. The van der Waals surface area contributed by atoms with E-state index in [1.165, 1.54) is 12.0 Å². The number of fused-ring (bicyclic) bond motifs is 3. The van der Waals surface area contributed by atoms with Gasteiger partial charge in [0.1, 0.15) is 41.7 Å². The van der Waals surface area contributed by atoms with Crippen LogP contribution in [0.4, 0.5) is 0 Å². The summed E-state index contributed by atoms with van der Waals surface area (Å²) < 4.78 is 47.6. The van der Waals surface area contributed by atoms with Crippen LogP contribution < -0.4 is 0 Å². The van der Waals surface area contributed by atoms with Crippen molar-refractivity contribution < 1.29 is 76.9 Å². The molecule has 434 valence electrons. The second kappa shape index (κ2) is 28.5. The third-order valence-corrected chi connectivity index (χ3v) is 17.0. The van der Waals surface area contributed by atoms with Gasteiger partial charge in [0, 0.05) is 58.5 Å². The van der Waals surface area contributed by atoms with Crippen LogP contribution in [-0.4, -0.2) is 152 Å². The molecule has 3 saturated heterocycles. The first-order valence-electron chi connectivity index (χ1n) is 28.3. The maximum atomic E-state index is 14.6. The zero-order chi connectivity index (χ0) is 57.0. The van der Waals surface area contributed by atoms with Gasteiger partial charge in [0.05, 0.1) is 31.5 Å². The van der Waals surface area contributed by atoms with E-state index in [0.717, 1.165) is 5.57 Å². The zero-order valence-electron chi connectivity index (χ0n) is 48.4. The minimum absolute atomic E-state index is 0.0133. The van der Waals surface area contributed by atoms with Crippen molar-refractivity contribution in [2.24, 2.45) is 40.9 Å². The smallest absolute Gasteiger partial charge is 0.329 e. The highest BCUT2D eigenvalue weighted by atomic mass is 16.7. The molecule has 17 nitrogen and oxygen atoms in total. The van der Waals surface area contributed by atoms with Crippen LogP contribution in [0.25, 0.3) is 0 Å². The van der Waals surface area contributed by atoms with Gasteiger partial charge in [-0.1, -0.05) is 71.1 Å². The van der Waals surface area contributed by atoms with Gasteiger partial charge in [-0.2, -0.15) is 0 Å². The monoisotopic (exact) mass is 1080 g/mol. The van der Waals surface area contributed by atoms with E-state index in [1.807, 2.05) is 45.1 Å². The van der Waals surface area contributed by atoms with E-state index in [0.29, 0.717) is 76.2 Å². The molecule has 4 aliphatic heterocycles. The molecule has 15 atom stereocenters. The summed E-state index contributed by atoms with van der Waals surface area (Å²) in [6, 6.07) is -1.18. The lowest BCUT2D eigenvalue weighted by atomic mass is 9.78. The summed E-state index contributed by atoms with van der Waals surface area (Å²) in [5.74, 6) is -9.41. The maximum Gasteiger partial charge on any atom is 0.329 e. The van der Waals surface area contributed by atoms with E-state index in [2.05, 4.69) is 13.0 Å². The van der Waals surface area contributed by atoms with Crippen molar-refractivity contribution in [3.8, 4) is 0 Å². The molecular weight excluding hydrogens is 991 g/mol. The average molecular weight is 1080 g/mol. The number of piperidine rings is 1. The molecule has 0 unspecified atom stereocenters. The normalized spacial score (nSPS) is 38.6. The highest BCUT2D eigenvalue weighted by molar-refractivity contribution is 6.39. The number of aliphatic hydroxyl groups is 2. The van der Waals surface area contributed by atoms with Crippen LogP contribution in [0.1, 0.15) is 153 Å². The van der Waals surface area contributed by atoms with Crippen LogP contribution >= 0.6 is 0 Å². The number of carbonyl (C=O) groups excluding carboxylic acids is 6. The minimum Gasteiger partial charge on any atom is -0.460 e. The minimum atomic E-state index is -2.46. The molecule has 1 amide bonds. The Morgan fingerprint density at radius 1 is 0.818 bits per heavy atom. The van der Waals surface area contributed by atoms with Crippen molar-refractivity contribution in [3.63, 3.8) is 0 Å². The van der Waals surface area contributed by atoms with Crippen molar-refractivity contribution in [1.82, 2.24) is 4.90 Å². The summed E-state index contributed by atoms with van der Waals surface area (Å²) in [6.07, 6.45) is 11.5. The number of methoxy groups -OCH3 is 3. The van der Waals surface area contributed by atoms with Crippen LogP contribution in [0.3, 0.4) is 0 Å². The summed E-state index contributed by atoms with van der Waals surface area (Å²) >= 11 is 0. The topological polar surface area (TPSA) is 220 Å². The summed E-state index contributed by atoms with van der Waals surface area (Å²) in [7, 11) is 4.54. The number of rotatable bonds is 8. The van der Waals surface area contributed by atoms with E-state index < -0.39 is 113 Å². The summed E-state index contributed by atoms with van der Waals surface area (Å²) in [5, 5.41) is 23.6. The van der Waals surface area contributed by atoms with Crippen LogP contribution in [0.15, 0.2) is 47.6 Å². The van der Waals surface area contributed by atoms with Crippen LogP contribution in [0.5, 0.6) is 0 Å². The van der Waals surface area contributed by atoms with Gasteiger partial charge in [-0.15, -0.1) is 0 Å². The number of aliphatic hydroxyl groups excluding tert-OH is 1. The number of hydrogen-bond acceptors (Lipinski definition) is 16. The molecule has 5 aliphatic rings. The molecular formula is C60H93NO16.